The number of halogens is 1. The maximum atomic E-state index is 17.2. The molecule has 3 N–H and O–H groups in total. The number of phenols is 1. The molecule has 1 spiro atoms. The van der Waals surface area contributed by atoms with E-state index in [2.05, 4.69) is 47.2 Å². The summed E-state index contributed by atoms with van der Waals surface area (Å²) in [5.74, 6) is 2.71. The smallest absolute Gasteiger partial charge is 0.319 e. The van der Waals surface area contributed by atoms with Gasteiger partial charge < -0.3 is 34.8 Å². The number of phenolic OH excluding ortho intramolecular Hbond substituents is 1. The number of terminal acetylenes is 1. The third-order valence-electron chi connectivity index (χ3n) is 17.7. The van der Waals surface area contributed by atoms with Gasteiger partial charge in [0.05, 0.1) is 12.0 Å². The van der Waals surface area contributed by atoms with Crippen LogP contribution in [-0.4, -0.2) is 143 Å². The van der Waals surface area contributed by atoms with Crippen molar-refractivity contribution < 1.29 is 28.6 Å². The minimum atomic E-state index is -0.602. The lowest BCUT2D eigenvalue weighted by molar-refractivity contribution is -0.136. The number of fused-ring (bicyclic) bond motifs is 5. The Balaban J connectivity index is 0.623. The van der Waals surface area contributed by atoms with Gasteiger partial charge in [-0.1, -0.05) is 18.1 Å². The Kier molecular flexibility index (Phi) is 11.2. The van der Waals surface area contributed by atoms with Gasteiger partial charge in [0.25, 0.3) is 5.91 Å². The van der Waals surface area contributed by atoms with Gasteiger partial charge in [-0.25, -0.2) is 4.39 Å². The second kappa shape index (κ2) is 17.7. The highest BCUT2D eigenvalue weighted by atomic mass is 19.1. The number of carbonyl (C=O) groups is 3. The fourth-order valence-corrected chi connectivity index (χ4v) is 13.6. The van der Waals surface area contributed by atoms with E-state index in [1.54, 1.807) is 17.2 Å². The van der Waals surface area contributed by atoms with Crippen LogP contribution in [0.3, 0.4) is 0 Å². The van der Waals surface area contributed by atoms with Crippen LogP contribution in [0.15, 0.2) is 54.7 Å². The lowest BCUT2D eigenvalue weighted by Gasteiger charge is -2.54. The first-order chi connectivity index (χ1) is 35.0. The van der Waals surface area contributed by atoms with Crippen molar-refractivity contribution in [3.8, 4) is 35.4 Å². The SMILES string of the molecule is C#Cc1cccc2cc(O)cc(-c3ncc4c(N5CC6CCC(C5)N6)nc(OCC5(CN6CCC7(CC6)CC(CN6CCN(c8ccc9c(c8)CN([C@H]8CCC(=O)NC8=O)C9=O)CC6)C7)CC5)nc4c3F)c12. The summed E-state index contributed by atoms with van der Waals surface area (Å²) >= 11 is 0. The molecule has 16 heteroatoms. The molecule has 2 saturated carbocycles. The van der Waals surface area contributed by atoms with Crippen LogP contribution in [0.1, 0.15) is 85.7 Å². The van der Waals surface area contributed by atoms with E-state index in [-0.39, 0.29) is 52.5 Å². The van der Waals surface area contributed by atoms with Crippen molar-refractivity contribution >= 4 is 50.9 Å². The number of carbonyl (C=O) groups excluding carboxylic acids is 3. The van der Waals surface area contributed by atoms with Crippen LogP contribution in [0.2, 0.25) is 0 Å². The van der Waals surface area contributed by atoms with Crippen LogP contribution >= 0.6 is 0 Å². The number of amides is 3. The molecule has 3 atom stereocenters. The molecule has 5 aromatic rings. The number of piperidine rings is 2. The van der Waals surface area contributed by atoms with Crippen molar-refractivity contribution in [2.45, 2.75) is 88.9 Å². The van der Waals surface area contributed by atoms with Crippen LogP contribution in [-0.2, 0) is 16.1 Å². The number of anilines is 2. The van der Waals surface area contributed by atoms with Crippen LogP contribution in [0.4, 0.5) is 15.9 Å². The Morgan fingerprint density at radius 2 is 1.67 bits per heavy atom. The lowest BCUT2D eigenvalue weighted by atomic mass is 9.57. The number of imide groups is 1. The molecule has 7 fully saturated rings. The summed E-state index contributed by atoms with van der Waals surface area (Å²) in [5.41, 5.74) is 4.40. The van der Waals surface area contributed by atoms with Crippen LogP contribution < -0.4 is 25.2 Å². The van der Waals surface area contributed by atoms with Crippen molar-refractivity contribution in [1.29, 1.82) is 0 Å². The van der Waals surface area contributed by atoms with Gasteiger partial charge in [0, 0.05) is 117 Å². The second-order valence-corrected chi connectivity index (χ2v) is 22.5. The number of pyridine rings is 1. The van der Waals surface area contributed by atoms with E-state index in [0.717, 1.165) is 108 Å². The number of benzene rings is 3. The third-order valence-corrected chi connectivity index (χ3v) is 17.7. The topological polar surface area (TPSA) is 160 Å². The van der Waals surface area contributed by atoms with Gasteiger partial charge in [0.2, 0.25) is 11.8 Å². The van der Waals surface area contributed by atoms with Crippen molar-refractivity contribution in [2.75, 3.05) is 81.9 Å². The Bertz CT molecular complexity index is 3070. The molecule has 8 heterocycles. The first-order valence-electron chi connectivity index (χ1n) is 26.2. The van der Waals surface area contributed by atoms with Gasteiger partial charge in [-0.15, -0.1) is 6.42 Å². The average molecular weight is 973 g/mol. The standard InChI is InChI=1S/C56H61FN10O5/c1-2-35-4-3-5-36-23-41(68)24-43(47(35)36)49-48(57)50-44(27-58-49)51(66-30-38-6-7-39(31-66)59-38)62-54(61-50)72-33-56(12-13-56)32-64-16-14-55(15-17-64)25-34(26-55)28-63-18-20-65(21-19-63)40-8-9-42-37(22-40)29-67(53(42)71)45-10-11-46(69)60-52(45)70/h1,3-5,8-9,22-24,27,34,38-39,45,59,68H,6-7,10-21,25-26,28-33H2,(H,60,69,70)/t38?,39?,45-/m0/s1. The zero-order valence-corrected chi connectivity index (χ0v) is 40.7. The van der Waals surface area contributed by atoms with Gasteiger partial charge in [-0.05, 0) is 130 Å². The van der Waals surface area contributed by atoms with Gasteiger partial charge in [-0.2, -0.15) is 9.97 Å². The first kappa shape index (κ1) is 45.5. The Morgan fingerprint density at radius 3 is 2.42 bits per heavy atom. The summed E-state index contributed by atoms with van der Waals surface area (Å²) in [5, 5.41) is 18.7. The zero-order valence-electron chi connectivity index (χ0n) is 40.7. The number of aromatic nitrogens is 3. The average Bonchev–Trinajstić information content (AvgIpc) is 3.95. The molecular formula is C56H61FN10O5. The van der Waals surface area contributed by atoms with Gasteiger partial charge in [0.1, 0.15) is 28.8 Å². The molecule has 2 unspecified atom stereocenters. The van der Waals surface area contributed by atoms with Crippen molar-refractivity contribution in [1.82, 2.24) is 40.3 Å². The van der Waals surface area contributed by atoms with Crippen molar-refractivity contribution in [2.24, 2.45) is 16.7 Å². The predicted octanol–water partition coefficient (Wildman–Crippen LogP) is 5.85. The lowest BCUT2D eigenvalue weighted by Crippen LogP contribution is -2.53. The molecular weight excluding hydrogens is 912 g/mol. The van der Waals surface area contributed by atoms with E-state index >= 15 is 4.39 Å². The van der Waals surface area contributed by atoms with Gasteiger partial charge in [0.15, 0.2) is 5.82 Å². The number of ether oxygens (including phenoxy) is 1. The number of hydrogen-bond acceptors (Lipinski definition) is 13. The summed E-state index contributed by atoms with van der Waals surface area (Å²) in [6, 6.07) is 15.0. The molecule has 8 aliphatic rings. The molecule has 72 heavy (non-hydrogen) atoms. The quantitative estimate of drug-likeness (QED) is 0.107. The van der Waals surface area contributed by atoms with Crippen molar-refractivity contribution in [3.05, 3.63) is 77.2 Å². The largest absolute Gasteiger partial charge is 0.508 e. The number of piperazine rings is 2. The Labute approximate surface area is 418 Å². The molecule has 372 valence electrons. The summed E-state index contributed by atoms with van der Waals surface area (Å²) in [4.78, 5) is 63.5. The second-order valence-electron chi connectivity index (χ2n) is 22.5. The maximum Gasteiger partial charge on any atom is 0.319 e. The number of nitrogens with zero attached hydrogens (tertiary/aromatic N) is 8. The molecule has 6 aliphatic heterocycles. The fourth-order valence-electron chi connectivity index (χ4n) is 13.6. The van der Waals surface area contributed by atoms with Crippen LogP contribution in [0.5, 0.6) is 11.8 Å². The van der Waals surface area contributed by atoms with Crippen LogP contribution in [0.25, 0.3) is 32.9 Å². The number of likely N-dealkylation sites (tertiary alicyclic amines) is 1. The van der Waals surface area contributed by atoms with Crippen LogP contribution in [0, 0.1) is 34.9 Å². The highest BCUT2D eigenvalue weighted by molar-refractivity contribution is 6.06. The van der Waals surface area contributed by atoms with E-state index in [4.69, 9.17) is 21.1 Å². The maximum absolute atomic E-state index is 17.2. The minimum Gasteiger partial charge on any atom is -0.508 e. The normalized spacial score (nSPS) is 25.0. The Hall–Kier alpha value is -6.41. The van der Waals surface area contributed by atoms with E-state index in [1.807, 2.05) is 30.3 Å². The van der Waals surface area contributed by atoms with E-state index in [0.29, 0.717) is 75.7 Å². The number of nitrogens with one attached hydrogen (secondary N) is 2. The van der Waals surface area contributed by atoms with Gasteiger partial charge in [-0.3, -0.25) is 29.6 Å². The summed E-state index contributed by atoms with van der Waals surface area (Å²) in [6.07, 6.45) is 17.6. The first-order valence-corrected chi connectivity index (χ1v) is 26.2. The number of rotatable bonds is 11. The van der Waals surface area contributed by atoms with E-state index < -0.39 is 11.9 Å². The molecule has 2 aromatic heterocycles. The highest BCUT2D eigenvalue weighted by Gasteiger charge is 2.50. The molecule has 2 aliphatic carbocycles. The molecule has 3 amide bonds. The summed E-state index contributed by atoms with van der Waals surface area (Å²) < 4.78 is 23.7. The van der Waals surface area contributed by atoms with E-state index in [1.165, 1.54) is 31.7 Å². The number of aromatic hydroxyl groups is 1. The molecule has 13 rings (SSSR count). The monoisotopic (exact) mass is 972 g/mol. The molecule has 15 nitrogen and oxygen atoms in total. The molecule has 2 bridgehead atoms. The third kappa shape index (κ3) is 8.27. The molecule has 0 radical (unpaired) electrons. The summed E-state index contributed by atoms with van der Waals surface area (Å²) in [7, 11) is 0. The Morgan fingerprint density at radius 1 is 0.875 bits per heavy atom. The number of hydrogen-bond donors (Lipinski definition) is 3. The highest BCUT2D eigenvalue weighted by Crippen LogP contribution is 2.54. The fraction of sp³-hybridized carbons (Fsp3) is 0.500. The zero-order chi connectivity index (χ0) is 48.9. The van der Waals surface area contributed by atoms with Gasteiger partial charge >= 0.3 is 6.01 Å². The molecule has 3 aromatic carbocycles. The van der Waals surface area contributed by atoms with E-state index in [9.17, 15) is 19.5 Å². The minimum absolute atomic E-state index is 0.00571. The van der Waals surface area contributed by atoms with Crippen molar-refractivity contribution in [3.63, 3.8) is 0 Å². The summed E-state index contributed by atoms with van der Waals surface area (Å²) in [6.45, 7) is 10.6. The molecule has 5 saturated heterocycles. The predicted molar refractivity (Wildman–Crippen MR) is 271 cm³/mol.